The minimum Gasteiger partial charge on any atom is -0.490 e. The van der Waals surface area contributed by atoms with Crippen LogP contribution in [-0.4, -0.2) is 27.6 Å². The van der Waals surface area contributed by atoms with Crippen molar-refractivity contribution in [3.05, 3.63) is 23.8 Å². The fourth-order valence-corrected chi connectivity index (χ4v) is 2.28. The summed E-state index contributed by atoms with van der Waals surface area (Å²) in [7, 11) is 2.51. The minimum atomic E-state index is -4.00. The first-order valence-corrected chi connectivity index (χ1v) is 7.40. The highest BCUT2D eigenvalue weighted by molar-refractivity contribution is 8.13. The first-order valence-electron chi connectivity index (χ1n) is 5.09. The summed E-state index contributed by atoms with van der Waals surface area (Å²) in [6.45, 7) is 3.50. The third kappa shape index (κ3) is 3.61. The number of carbonyl (C=O) groups excluding carboxylic acids is 1. The molecule has 0 heterocycles. The Morgan fingerprint density at radius 1 is 1.33 bits per heavy atom. The Labute approximate surface area is 110 Å². The zero-order valence-corrected chi connectivity index (χ0v) is 11.7. The predicted molar refractivity (Wildman–Crippen MR) is 66.6 cm³/mol. The number of rotatable bonds is 4. The van der Waals surface area contributed by atoms with Crippen LogP contribution in [0.3, 0.4) is 0 Å². The topological polar surface area (TPSA) is 69.7 Å². The van der Waals surface area contributed by atoms with E-state index in [0.29, 0.717) is 0 Å². The van der Waals surface area contributed by atoms with E-state index >= 15 is 0 Å². The molecule has 1 aromatic carbocycles. The van der Waals surface area contributed by atoms with Gasteiger partial charge in [0.25, 0.3) is 9.05 Å². The van der Waals surface area contributed by atoms with Crippen molar-refractivity contribution in [2.45, 2.75) is 24.8 Å². The van der Waals surface area contributed by atoms with Gasteiger partial charge in [0.1, 0.15) is 10.6 Å². The van der Waals surface area contributed by atoms with Gasteiger partial charge >= 0.3 is 5.97 Å². The maximum Gasteiger partial charge on any atom is 0.337 e. The number of ether oxygens (including phenoxy) is 2. The maximum atomic E-state index is 11.4. The lowest BCUT2D eigenvalue weighted by atomic mass is 10.2. The number of halogens is 1. The normalized spacial score (nSPS) is 11.4. The predicted octanol–water partition coefficient (Wildman–Crippen LogP) is 2.19. The van der Waals surface area contributed by atoms with Gasteiger partial charge in [-0.2, -0.15) is 0 Å². The molecule has 7 heteroatoms. The molecule has 0 saturated carbocycles. The number of benzene rings is 1. The first-order chi connectivity index (χ1) is 8.25. The van der Waals surface area contributed by atoms with E-state index in [9.17, 15) is 13.2 Å². The molecule has 0 N–H and O–H groups in total. The Balaban J connectivity index is 3.34. The first kappa shape index (κ1) is 14.8. The van der Waals surface area contributed by atoms with Crippen LogP contribution in [0, 0.1) is 0 Å². The summed E-state index contributed by atoms with van der Waals surface area (Å²) in [5.41, 5.74) is 0.0906. The van der Waals surface area contributed by atoms with Crippen molar-refractivity contribution in [1.82, 2.24) is 0 Å². The number of esters is 1. The van der Waals surface area contributed by atoms with Crippen molar-refractivity contribution in [2.24, 2.45) is 0 Å². The van der Waals surface area contributed by atoms with Gasteiger partial charge in [-0.1, -0.05) is 0 Å². The molecule has 0 atom stereocenters. The van der Waals surface area contributed by atoms with E-state index in [-0.39, 0.29) is 22.3 Å². The monoisotopic (exact) mass is 292 g/mol. The van der Waals surface area contributed by atoms with Gasteiger partial charge in [0, 0.05) is 10.7 Å². The highest BCUT2D eigenvalue weighted by atomic mass is 35.7. The van der Waals surface area contributed by atoms with E-state index in [4.69, 9.17) is 15.4 Å². The Morgan fingerprint density at radius 2 is 1.94 bits per heavy atom. The molecule has 0 fully saturated rings. The van der Waals surface area contributed by atoms with Crippen LogP contribution in [0.2, 0.25) is 0 Å². The Morgan fingerprint density at radius 3 is 2.39 bits per heavy atom. The van der Waals surface area contributed by atoms with Crippen LogP contribution in [0.1, 0.15) is 24.2 Å². The van der Waals surface area contributed by atoms with Crippen molar-refractivity contribution < 1.29 is 22.7 Å². The molecular formula is C11H13ClO5S. The second kappa shape index (κ2) is 5.58. The molecule has 0 aliphatic heterocycles. The molecule has 0 spiro atoms. The third-order valence-corrected chi connectivity index (χ3v) is 3.33. The molecule has 18 heavy (non-hydrogen) atoms. The molecule has 100 valence electrons. The SMILES string of the molecule is COC(=O)c1ccc(OC(C)C)c(S(=O)(=O)Cl)c1. The lowest BCUT2D eigenvalue weighted by molar-refractivity contribution is 0.0600. The Hall–Kier alpha value is -1.27. The average molecular weight is 293 g/mol. The fourth-order valence-electron chi connectivity index (χ4n) is 1.29. The number of hydrogen-bond donors (Lipinski definition) is 0. The molecule has 1 aromatic rings. The van der Waals surface area contributed by atoms with Gasteiger partial charge in [0.2, 0.25) is 0 Å². The zero-order valence-electron chi connectivity index (χ0n) is 10.1. The van der Waals surface area contributed by atoms with Crippen molar-refractivity contribution >= 4 is 25.7 Å². The molecule has 0 aromatic heterocycles. The van der Waals surface area contributed by atoms with E-state index in [2.05, 4.69) is 4.74 Å². The van der Waals surface area contributed by atoms with E-state index in [1.807, 2.05) is 0 Å². The van der Waals surface area contributed by atoms with Crippen molar-refractivity contribution in [2.75, 3.05) is 7.11 Å². The molecule has 5 nitrogen and oxygen atoms in total. The molecule has 0 unspecified atom stereocenters. The van der Waals surface area contributed by atoms with E-state index < -0.39 is 15.0 Å². The van der Waals surface area contributed by atoms with E-state index in [0.717, 1.165) is 6.07 Å². The van der Waals surface area contributed by atoms with E-state index in [1.165, 1.54) is 19.2 Å². The molecular weight excluding hydrogens is 280 g/mol. The second-order valence-electron chi connectivity index (χ2n) is 3.76. The van der Waals surface area contributed by atoms with Gasteiger partial charge in [-0.3, -0.25) is 0 Å². The van der Waals surface area contributed by atoms with E-state index in [1.54, 1.807) is 13.8 Å². The van der Waals surface area contributed by atoms with Crippen LogP contribution in [0.5, 0.6) is 5.75 Å². The summed E-state index contributed by atoms with van der Waals surface area (Å²) >= 11 is 0. The summed E-state index contributed by atoms with van der Waals surface area (Å²) in [5.74, 6) is -0.541. The van der Waals surface area contributed by atoms with Crippen LogP contribution in [0.4, 0.5) is 0 Å². The highest BCUT2D eigenvalue weighted by Gasteiger charge is 2.20. The molecule has 0 aliphatic carbocycles. The summed E-state index contributed by atoms with van der Waals surface area (Å²) in [6.07, 6.45) is -0.217. The molecule has 0 amide bonds. The molecule has 0 aliphatic rings. The maximum absolute atomic E-state index is 11.4. The van der Waals surface area contributed by atoms with Crippen LogP contribution in [0.25, 0.3) is 0 Å². The molecule has 1 rings (SSSR count). The fraction of sp³-hybridized carbons (Fsp3) is 0.364. The summed E-state index contributed by atoms with van der Waals surface area (Å²) in [5, 5.41) is 0. The van der Waals surface area contributed by atoms with Crippen molar-refractivity contribution in [3.8, 4) is 5.75 Å². The summed E-state index contributed by atoms with van der Waals surface area (Å²) in [6, 6.07) is 3.92. The van der Waals surface area contributed by atoms with Gasteiger partial charge in [-0.15, -0.1) is 0 Å². The van der Waals surface area contributed by atoms with Crippen LogP contribution in [0.15, 0.2) is 23.1 Å². The average Bonchev–Trinajstić information content (AvgIpc) is 2.26. The number of methoxy groups -OCH3 is 1. The lowest BCUT2D eigenvalue weighted by Crippen LogP contribution is -2.10. The van der Waals surface area contributed by atoms with Gasteiger partial charge < -0.3 is 9.47 Å². The molecule has 0 radical (unpaired) electrons. The Bertz CT molecular complexity index is 551. The second-order valence-corrected chi connectivity index (χ2v) is 6.29. The van der Waals surface area contributed by atoms with Gasteiger partial charge in [0.05, 0.1) is 18.8 Å². The smallest absolute Gasteiger partial charge is 0.337 e. The Kier molecular flexibility index (Phi) is 4.59. The summed E-state index contributed by atoms with van der Waals surface area (Å²) < 4.78 is 32.7. The van der Waals surface area contributed by atoms with Gasteiger partial charge in [-0.25, -0.2) is 13.2 Å². The third-order valence-electron chi connectivity index (χ3n) is 1.99. The number of carbonyl (C=O) groups is 1. The quantitative estimate of drug-likeness (QED) is 0.628. The van der Waals surface area contributed by atoms with Crippen molar-refractivity contribution in [3.63, 3.8) is 0 Å². The van der Waals surface area contributed by atoms with Crippen LogP contribution < -0.4 is 4.74 Å². The highest BCUT2D eigenvalue weighted by Crippen LogP contribution is 2.29. The van der Waals surface area contributed by atoms with Crippen LogP contribution >= 0.6 is 10.7 Å². The summed E-state index contributed by atoms with van der Waals surface area (Å²) in [4.78, 5) is 11.1. The molecule has 0 saturated heterocycles. The van der Waals surface area contributed by atoms with Gasteiger partial charge in [-0.05, 0) is 32.0 Å². The standard InChI is InChI=1S/C11H13ClO5S/c1-7(2)17-9-5-4-8(11(13)16-3)6-10(9)18(12,14)15/h4-7H,1-3H3. The lowest BCUT2D eigenvalue weighted by Gasteiger charge is -2.13. The minimum absolute atomic E-state index is 0.0906. The number of hydrogen-bond acceptors (Lipinski definition) is 5. The van der Waals surface area contributed by atoms with Crippen molar-refractivity contribution in [1.29, 1.82) is 0 Å². The largest absolute Gasteiger partial charge is 0.490 e. The van der Waals surface area contributed by atoms with Gasteiger partial charge in [0.15, 0.2) is 0 Å². The van der Waals surface area contributed by atoms with Crippen LogP contribution in [-0.2, 0) is 13.8 Å². The molecule has 0 bridgehead atoms. The zero-order chi connectivity index (χ0) is 13.9.